The Morgan fingerprint density at radius 3 is 2.71 bits per heavy atom. The van der Waals surface area contributed by atoms with E-state index in [1.54, 1.807) is 19.1 Å². The van der Waals surface area contributed by atoms with Gasteiger partial charge in [-0.25, -0.2) is 4.79 Å². The molecule has 3 fully saturated rings. The second-order valence-corrected chi connectivity index (χ2v) is 9.03. The number of rotatable bonds is 7. The lowest BCUT2D eigenvalue weighted by molar-refractivity contribution is -0.138. The monoisotopic (exact) mass is 429 g/mol. The van der Waals surface area contributed by atoms with Crippen molar-refractivity contribution >= 4 is 17.6 Å². The molecule has 0 bridgehead atoms. The fourth-order valence-corrected chi connectivity index (χ4v) is 5.11. The number of nitrogens with zero attached hydrogens (tertiary/aromatic N) is 4. The molecule has 4 rings (SSSR count). The molecule has 0 aliphatic carbocycles. The van der Waals surface area contributed by atoms with E-state index >= 15 is 0 Å². The normalized spacial score (nSPS) is 28.7. The van der Waals surface area contributed by atoms with Crippen molar-refractivity contribution in [3.05, 3.63) is 24.3 Å². The topological polar surface area (TPSA) is 68.4 Å². The molecule has 4 atom stereocenters. The molecule has 0 saturated carbocycles. The van der Waals surface area contributed by atoms with E-state index in [0.717, 1.165) is 50.2 Å². The van der Waals surface area contributed by atoms with Gasteiger partial charge in [0.2, 0.25) is 0 Å². The lowest BCUT2D eigenvalue weighted by Gasteiger charge is -2.46. The lowest BCUT2D eigenvalue weighted by Crippen LogP contribution is -2.66. The summed E-state index contributed by atoms with van der Waals surface area (Å²) in [6, 6.07) is 7.45. The van der Waals surface area contributed by atoms with Crippen molar-refractivity contribution in [2.75, 3.05) is 38.7 Å². The quantitative estimate of drug-likeness (QED) is 0.672. The van der Waals surface area contributed by atoms with Crippen LogP contribution in [0.15, 0.2) is 24.3 Å². The molecule has 8 heteroatoms. The molecule has 8 nitrogen and oxygen atoms in total. The summed E-state index contributed by atoms with van der Waals surface area (Å²) in [7, 11) is 3.47. The summed E-state index contributed by atoms with van der Waals surface area (Å²) < 4.78 is 5.42. The molecule has 3 aliphatic rings. The van der Waals surface area contributed by atoms with Gasteiger partial charge in [0.15, 0.2) is 0 Å². The Kier molecular flexibility index (Phi) is 6.39. The van der Waals surface area contributed by atoms with Gasteiger partial charge in [-0.1, -0.05) is 39.2 Å². The van der Waals surface area contributed by atoms with E-state index in [4.69, 9.17) is 4.74 Å². The van der Waals surface area contributed by atoms with Crippen molar-refractivity contribution in [3.63, 3.8) is 0 Å². The summed E-state index contributed by atoms with van der Waals surface area (Å²) >= 11 is 0. The predicted molar refractivity (Wildman–Crippen MR) is 120 cm³/mol. The zero-order valence-corrected chi connectivity index (χ0v) is 19.1. The van der Waals surface area contributed by atoms with Crippen LogP contribution in [0, 0.1) is 5.92 Å². The first-order valence-corrected chi connectivity index (χ1v) is 11.5. The number of imide groups is 1. The molecule has 3 amide bonds. The standard InChI is InChI=1S/C23H35N5O3/c1-5-6-7-8-12-26-21(29)19-20(25(3)23(26)30)24-22-27(14-16(2)15-28(19)22)17-10-9-11-18(13-17)31-4/h9-11,13,16,19-20,22,24H,5-8,12,14-15H2,1-4H3. The van der Waals surface area contributed by atoms with Crippen LogP contribution >= 0.6 is 0 Å². The van der Waals surface area contributed by atoms with E-state index in [2.05, 4.69) is 35.0 Å². The highest BCUT2D eigenvalue weighted by Crippen LogP contribution is 2.35. The first-order valence-electron chi connectivity index (χ1n) is 11.5. The van der Waals surface area contributed by atoms with Gasteiger partial charge in [-0.2, -0.15) is 0 Å². The van der Waals surface area contributed by atoms with E-state index in [9.17, 15) is 9.59 Å². The zero-order chi connectivity index (χ0) is 22.1. The highest BCUT2D eigenvalue weighted by molar-refractivity contribution is 6.00. The van der Waals surface area contributed by atoms with Gasteiger partial charge in [-0.15, -0.1) is 0 Å². The molecule has 170 valence electrons. The van der Waals surface area contributed by atoms with Gasteiger partial charge in [0.25, 0.3) is 5.91 Å². The molecule has 0 spiro atoms. The van der Waals surface area contributed by atoms with E-state index in [-0.39, 0.29) is 30.4 Å². The van der Waals surface area contributed by atoms with Gasteiger partial charge in [0.05, 0.1) is 7.11 Å². The van der Waals surface area contributed by atoms with Crippen LogP contribution in [0.5, 0.6) is 5.75 Å². The minimum atomic E-state index is -0.366. The number of hydrogen-bond donors (Lipinski definition) is 1. The SMILES string of the molecule is CCCCCCN1C(=O)C2C(NC3N(c4cccc(OC)c4)CC(C)CN23)N(C)C1=O. The fraction of sp³-hybridized carbons (Fsp3) is 0.652. The van der Waals surface area contributed by atoms with Gasteiger partial charge in [-0.05, 0) is 24.5 Å². The Hall–Kier alpha value is -2.32. The Labute approximate surface area is 185 Å². The molecule has 3 aliphatic heterocycles. The number of carbonyl (C=O) groups is 2. The third kappa shape index (κ3) is 3.99. The largest absolute Gasteiger partial charge is 0.497 e. The van der Waals surface area contributed by atoms with Crippen molar-refractivity contribution in [1.82, 2.24) is 20.0 Å². The summed E-state index contributed by atoms with van der Waals surface area (Å²) in [4.78, 5) is 34.2. The minimum Gasteiger partial charge on any atom is -0.497 e. The van der Waals surface area contributed by atoms with Gasteiger partial charge in [0, 0.05) is 38.4 Å². The molecular formula is C23H35N5O3. The molecule has 3 saturated heterocycles. The summed E-state index contributed by atoms with van der Waals surface area (Å²) in [6.07, 6.45) is 3.69. The van der Waals surface area contributed by atoms with Gasteiger partial charge >= 0.3 is 6.03 Å². The molecule has 1 N–H and O–H groups in total. The number of likely N-dealkylation sites (N-methyl/N-ethyl adjacent to an activating group) is 1. The van der Waals surface area contributed by atoms with Crippen LogP contribution in [0.1, 0.15) is 39.5 Å². The summed E-state index contributed by atoms with van der Waals surface area (Å²) in [5, 5.41) is 3.58. The number of amides is 3. The predicted octanol–water partition coefficient (Wildman–Crippen LogP) is 2.51. The molecule has 4 unspecified atom stereocenters. The summed E-state index contributed by atoms with van der Waals surface area (Å²) in [6.45, 7) is 6.55. The Bertz CT molecular complexity index is 818. The number of hydrogen-bond acceptors (Lipinski definition) is 6. The van der Waals surface area contributed by atoms with E-state index in [1.807, 2.05) is 18.2 Å². The van der Waals surface area contributed by atoms with Crippen LogP contribution < -0.4 is 15.0 Å². The van der Waals surface area contributed by atoms with Crippen LogP contribution in [-0.4, -0.2) is 78.9 Å². The van der Waals surface area contributed by atoms with Crippen molar-refractivity contribution < 1.29 is 14.3 Å². The van der Waals surface area contributed by atoms with Gasteiger partial charge in [-0.3, -0.25) is 19.9 Å². The number of carbonyl (C=O) groups excluding carboxylic acids is 2. The summed E-state index contributed by atoms with van der Waals surface area (Å²) in [5.41, 5.74) is 1.05. The van der Waals surface area contributed by atoms with Gasteiger partial charge < -0.3 is 14.5 Å². The van der Waals surface area contributed by atoms with Crippen molar-refractivity contribution in [2.45, 2.75) is 58.0 Å². The Balaban J connectivity index is 1.59. The van der Waals surface area contributed by atoms with Crippen LogP contribution in [-0.2, 0) is 4.79 Å². The van der Waals surface area contributed by atoms with Crippen LogP contribution in [0.2, 0.25) is 0 Å². The number of ether oxygens (including phenoxy) is 1. The first kappa shape index (κ1) is 21.9. The third-order valence-electron chi connectivity index (χ3n) is 6.71. The highest BCUT2D eigenvalue weighted by Gasteiger charge is 2.56. The number of anilines is 1. The van der Waals surface area contributed by atoms with Crippen molar-refractivity contribution in [3.8, 4) is 5.75 Å². The smallest absolute Gasteiger partial charge is 0.327 e. The van der Waals surface area contributed by atoms with E-state index < -0.39 is 0 Å². The second-order valence-electron chi connectivity index (χ2n) is 9.03. The molecule has 3 heterocycles. The van der Waals surface area contributed by atoms with E-state index in [1.165, 1.54) is 4.90 Å². The summed E-state index contributed by atoms with van der Waals surface area (Å²) in [5.74, 6) is 1.12. The third-order valence-corrected chi connectivity index (χ3v) is 6.71. The van der Waals surface area contributed by atoms with Crippen LogP contribution in [0.4, 0.5) is 10.5 Å². The number of nitrogens with one attached hydrogen (secondary N) is 1. The fourth-order valence-electron chi connectivity index (χ4n) is 5.11. The first-order chi connectivity index (χ1) is 15.0. The molecular weight excluding hydrogens is 394 g/mol. The molecule has 0 radical (unpaired) electrons. The highest BCUT2D eigenvalue weighted by atomic mass is 16.5. The number of methoxy groups -OCH3 is 1. The number of urea groups is 1. The Morgan fingerprint density at radius 1 is 1.16 bits per heavy atom. The maximum atomic E-state index is 13.5. The lowest BCUT2D eigenvalue weighted by atomic mass is 10.0. The molecule has 1 aromatic rings. The molecule has 31 heavy (non-hydrogen) atoms. The average Bonchev–Trinajstić information content (AvgIpc) is 3.16. The second kappa shape index (κ2) is 9.04. The maximum absolute atomic E-state index is 13.5. The average molecular weight is 430 g/mol. The number of benzene rings is 1. The number of unbranched alkanes of at least 4 members (excludes halogenated alkanes) is 3. The maximum Gasteiger partial charge on any atom is 0.327 e. The minimum absolute atomic E-state index is 0.0701. The van der Waals surface area contributed by atoms with E-state index in [0.29, 0.717) is 12.5 Å². The molecule has 0 aromatic heterocycles. The zero-order valence-electron chi connectivity index (χ0n) is 19.1. The number of fused-ring (bicyclic) bond motifs is 3. The van der Waals surface area contributed by atoms with Crippen molar-refractivity contribution in [2.24, 2.45) is 5.92 Å². The van der Waals surface area contributed by atoms with Crippen LogP contribution in [0.25, 0.3) is 0 Å². The van der Waals surface area contributed by atoms with Crippen molar-refractivity contribution in [1.29, 1.82) is 0 Å². The van der Waals surface area contributed by atoms with Crippen LogP contribution in [0.3, 0.4) is 0 Å². The molecule has 1 aromatic carbocycles. The van der Waals surface area contributed by atoms with Gasteiger partial charge in [0.1, 0.15) is 24.2 Å². The Morgan fingerprint density at radius 2 is 1.97 bits per heavy atom.